The molecule has 3 heterocycles. The molecule has 13 heteroatoms. The quantitative estimate of drug-likeness (QED) is 0.269. The number of amides is 2. The molecule has 3 aromatic carbocycles. The molecule has 1 aliphatic rings. The molecule has 1 aliphatic heterocycles. The van der Waals surface area contributed by atoms with Crippen molar-refractivity contribution < 1.29 is 19.5 Å². The van der Waals surface area contributed by atoms with E-state index in [1.165, 1.54) is 46.3 Å². The van der Waals surface area contributed by atoms with E-state index in [1.807, 2.05) is 30.3 Å². The maximum Gasteiger partial charge on any atom is 0.335 e. The highest BCUT2D eigenvalue weighted by Crippen LogP contribution is 2.32. The van der Waals surface area contributed by atoms with Crippen LogP contribution in [0.1, 0.15) is 33.2 Å². The monoisotopic (exact) mass is 594 g/mol. The first-order valence-electron chi connectivity index (χ1n) is 13.2. The van der Waals surface area contributed by atoms with Gasteiger partial charge in [-0.3, -0.25) is 9.59 Å². The van der Waals surface area contributed by atoms with Gasteiger partial charge in [0.2, 0.25) is 5.91 Å². The number of aromatic nitrogens is 6. The molecule has 2 aromatic heterocycles. The van der Waals surface area contributed by atoms with Crippen LogP contribution in [0, 0.1) is 0 Å². The number of tetrazole rings is 1. The van der Waals surface area contributed by atoms with E-state index in [-0.39, 0.29) is 12.1 Å². The lowest BCUT2D eigenvalue weighted by Gasteiger charge is -2.33. The van der Waals surface area contributed by atoms with E-state index in [1.54, 1.807) is 35.2 Å². The second kappa shape index (κ2) is 11.7. The van der Waals surface area contributed by atoms with Gasteiger partial charge in [0.1, 0.15) is 12.4 Å². The molecular formula is C30H23ClN8O4. The molecule has 43 heavy (non-hydrogen) atoms. The van der Waals surface area contributed by atoms with Crippen molar-refractivity contribution in [2.45, 2.75) is 12.5 Å². The number of para-hydroxylation sites is 1. The minimum absolute atomic E-state index is 0.0890. The molecule has 0 aliphatic carbocycles. The summed E-state index contributed by atoms with van der Waals surface area (Å²) in [6.45, 7) is 0.243. The van der Waals surface area contributed by atoms with Gasteiger partial charge in [0.25, 0.3) is 5.91 Å². The summed E-state index contributed by atoms with van der Waals surface area (Å²) in [4.78, 5) is 40.3. The van der Waals surface area contributed by atoms with Crippen molar-refractivity contribution in [3.63, 3.8) is 0 Å². The summed E-state index contributed by atoms with van der Waals surface area (Å²) >= 11 is 6.24. The maximum atomic E-state index is 13.8. The number of hydrogen-bond acceptors (Lipinski definition) is 7. The van der Waals surface area contributed by atoms with Crippen LogP contribution in [-0.2, 0) is 16.0 Å². The van der Waals surface area contributed by atoms with Crippen LogP contribution in [0.15, 0.2) is 91.4 Å². The second-order valence-electron chi connectivity index (χ2n) is 9.66. The molecule has 0 spiro atoms. The van der Waals surface area contributed by atoms with Crippen LogP contribution in [-0.4, -0.2) is 64.3 Å². The number of carbonyl (C=O) groups is 3. The SMILES string of the molecule is O=C(O)c1ccc(NC(=O)C2c3cn(-c4ccccc4)nc3CCN2C(=O)C=Cc2cc(Cl)ccc2-n2cnnn2)cc1. The zero-order chi connectivity index (χ0) is 29.9. The van der Waals surface area contributed by atoms with Gasteiger partial charge < -0.3 is 15.3 Å². The Labute approximate surface area is 249 Å². The third-order valence-electron chi connectivity index (χ3n) is 6.96. The van der Waals surface area contributed by atoms with Gasteiger partial charge in [0.05, 0.1) is 22.6 Å². The van der Waals surface area contributed by atoms with Crippen molar-refractivity contribution in [2.75, 3.05) is 11.9 Å². The normalized spacial score (nSPS) is 14.4. The lowest BCUT2D eigenvalue weighted by atomic mass is 9.97. The topological polar surface area (TPSA) is 148 Å². The molecule has 5 aromatic rings. The summed E-state index contributed by atoms with van der Waals surface area (Å²) in [5.41, 5.74) is 3.80. The van der Waals surface area contributed by atoms with Crippen molar-refractivity contribution in [1.82, 2.24) is 34.9 Å². The number of carbonyl (C=O) groups excluding carboxylic acids is 2. The molecule has 1 unspecified atom stereocenters. The van der Waals surface area contributed by atoms with Gasteiger partial charge in [-0.05, 0) is 71.1 Å². The third-order valence-corrected chi connectivity index (χ3v) is 7.20. The van der Waals surface area contributed by atoms with E-state index in [0.29, 0.717) is 39.6 Å². The zero-order valence-electron chi connectivity index (χ0n) is 22.4. The van der Waals surface area contributed by atoms with E-state index < -0.39 is 23.8 Å². The van der Waals surface area contributed by atoms with Gasteiger partial charge in [-0.15, -0.1) is 5.10 Å². The molecule has 1 atom stereocenters. The van der Waals surface area contributed by atoms with Gasteiger partial charge in [0.15, 0.2) is 0 Å². The predicted octanol–water partition coefficient (Wildman–Crippen LogP) is 3.98. The third kappa shape index (κ3) is 5.76. The smallest absolute Gasteiger partial charge is 0.335 e. The summed E-state index contributed by atoms with van der Waals surface area (Å²) in [6, 6.07) is 19.4. The lowest BCUT2D eigenvalue weighted by Crippen LogP contribution is -2.44. The molecule has 0 bridgehead atoms. The Balaban J connectivity index is 1.33. The number of aromatic carboxylic acids is 1. The van der Waals surface area contributed by atoms with Gasteiger partial charge in [-0.1, -0.05) is 29.8 Å². The molecule has 0 saturated heterocycles. The largest absolute Gasteiger partial charge is 0.478 e. The van der Waals surface area contributed by atoms with Crippen molar-refractivity contribution >= 4 is 41.1 Å². The average Bonchev–Trinajstić information content (AvgIpc) is 3.71. The second-order valence-corrected chi connectivity index (χ2v) is 10.1. The summed E-state index contributed by atoms with van der Waals surface area (Å²) in [7, 11) is 0. The first-order chi connectivity index (χ1) is 20.9. The first kappa shape index (κ1) is 27.5. The molecule has 214 valence electrons. The fourth-order valence-electron chi connectivity index (χ4n) is 4.90. The lowest BCUT2D eigenvalue weighted by molar-refractivity contribution is -0.135. The van der Waals surface area contributed by atoms with Gasteiger partial charge >= 0.3 is 5.97 Å². The van der Waals surface area contributed by atoms with Crippen LogP contribution in [0.2, 0.25) is 5.02 Å². The zero-order valence-corrected chi connectivity index (χ0v) is 23.2. The Morgan fingerprint density at radius 3 is 2.51 bits per heavy atom. The highest BCUT2D eigenvalue weighted by Gasteiger charge is 2.37. The van der Waals surface area contributed by atoms with Gasteiger partial charge in [0, 0.05) is 47.1 Å². The highest BCUT2D eigenvalue weighted by molar-refractivity contribution is 6.30. The molecule has 0 saturated carbocycles. The number of halogens is 1. The van der Waals surface area contributed by atoms with Crippen molar-refractivity contribution in [3.05, 3.63) is 119 Å². The maximum absolute atomic E-state index is 13.8. The number of benzene rings is 3. The fourth-order valence-corrected chi connectivity index (χ4v) is 5.09. The van der Waals surface area contributed by atoms with E-state index in [0.717, 1.165) is 5.69 Å². The molecule has 12 nitrogen and oxygen atoms in total. The first-order valence-corrected chi connectivity index (χ1v) is 13.5. The van der Waals surface area contributed by atoms with E-state index in [4.69, 9.17) is 16.7 Å². The number of rotatable bonds is 7. The van der Waals surface area contributed by atoms with Gasteiger partial charge in [-0.2, -0.15) is 9.78 Å². The number of nitrogens with one attached hydrogen (secondary N) is 1. The summed E-state index contributed by atoms with van der Waals surface area (Å²) in [6.07, 6.45) is 6.63. The highest BCUT2D eigenvalue weighted by atomic mass is 35.5. The molecule has 2 amide bonds. The van der Waals surface area contributed by atoms with E-state index in [9.17, 15) is 19.5 Å². The van der Waals surface area contributed by atoms with Crippen molar-refractivity contribution in [2.24, 2.45) is 0 Å². The number of hydrogen-bond donors (Lipinski definition) is 2. The number of nitrogens with zero attached hydrogens (tertiary/aromatic N) is 7. The molecule has 6 rings (SSSR count). The number of carboxylic acids is 1. The van der Waals surface area contributed by atoms with Gasteiger partial charge in [-0.25, -0.2) is 9.48 Å². The Hall–Kier alpha value is -5.62. The Kier molecular flexibility index (Phi) is 7.50. The van der Waals surface area contributed by atoms with Crippen LogP contribution < -0.4 is 5.32 Å². The Morgan fingerprint density at radius 2 is 1.79 bits per heavy atom. The van der Waals surface area contributed by atoms with E-state index in [2.05, 4.69) is 20.8 Å². The minimum Gasteiger partial charge on any atom is -0.478 e. The summed E-state index contributed by atoms with van der Waals surface area (Å²) in [5.74, 6) is -1.94. The van der Waals surface area contributed by atoms with Crippen molar-refractivity contribution in [1.29, 1.82) is 0 Å². The van der Waals surface area contributed by atoms with E-state index >= 15 is 0 Å². The Morgan fingerprint density at radius 1 is 1.00 bits per heavy atom. The predicted molar refractivity (Wildman–Crippen MR) is 157 cm³/mol. The summed E-state index contributed by atoms with van der Waals surface area (Å²) < 4.78 is 3.15. The van der Waals surface area contributed by atoms with Crippen LogP contribution in [0.5, 0.6) is 0 Å². The minimum atomic E-state index is -1.07. The summed E-state index contributed by atoms with van der Waals surface area (Å²) in [5, 5.41) is 28.5. The fraction of sp³-hybridized carbons (Fsp3) is 0.100. The Bertz CT molecular complexity index is 1840. The molecule has 2 N–H and O–H groups in total. The number of anilines is 1. The van der Waals surface area contributed by atoms with Crippen LogP contribution in [0.3, 0.4) is 0 Å². The molecule has 0 radical (unpaired) electrons. The van der Waals surface area contributed by atoms with Crippen LogP contribution in [0.4, 0.5) is 5.69 Å². The molecular weight excluding hydrogens is 572 g/mol. The van der Waals surface area contributed by atoms with Crippen LogP contribution >= 0.6 is 11.6 Å². The standard InChI is InChI=1S/C30H23ClN8O4/c31-21-9-12-26(39-18-32-35-36-39)20(16-21)8-13-27(40)37-15-14-25-24(17-38(34-25)23-4-2-1-3-5-23)28(37)29(41)33-22-10-6-19(7-11-22)30(42)43/h1-13,16-18,28H,14-15H2,(H,33,41)(H,42,43). The number of fused-ring (bicyclic) bond motifs is 1. The van der Waals surface area contributed by atoms with Crippen molar-refractivity contribution in [3.8, 4) is 11.4 Å². The molecule has 0 fully saturated rings. The number of carboxylic acid groups (broad SMARTS) is 1. The average molecular weight is 595 g/mol. The van der Waals surface area contributed by atoms with Crippen LogP contribution in [0.25, 0.3) is 17.5 Å².